The van der Waals surface area contributed by atoms with Gasteiger partial charge in [-0.15, -0.1) is 0 Å². The molecule has 0 radical (unpaired) electrons. The zero-order chi connectivity index (χ0) is 15.0. The fraction of sp³-hybridized carbons (Fsp3) is 0.389. The van der Waals surface area contributed by atoms with Crippen LogP contribution in [0.4, 0.5) is 0 Å². The van der Waals surface area contributed by atoms with Crippen molar-refractivity contribution in [1.82, 2.24) is 0 Å². The van der Waals surface area contributed by atoms with Crippen LogP contribution in [0.1, 0.15) is 44.7 Å². The van der Waals surface area contributed by atoms with Crippen LogP contribution in [0.3, 0.4) is 0 Å². The van der Waals surface area contributed by atoms with Gasteiger partial charge in [-0.25, -0.2) is 0 Å². The van der Waals surface area contributed by atoms with Gasteiger partial charge in [-0.3, -0.25) is 4.79 Å². The van der Waals surface area contributed by atoms with Gasteiger partial charge in [0.2, 0.25) is 0 Å². The summed E-state index contributed by atoms with van der Waals surface area (Å²) in [5.41, 5.74) is -0.160. The quantitative estimate of drug-likeness (QED) is 0.912. The fourth-order valence-corrected chi connectivity index (χ4v) is 2.94. The summed E-state index contributed by atoms with van der Waals surface area (Å²) in [6, 6.07) is 7.98. The molecule has 2 rings (SSSR count). The lowest BCUT2D eigenvalue weighted by Gasteiger charge is -2.41. The maximum Gasteiger partial charge on any atom is 0.147 e. The molecule has 2 nitrogen and oxygen atoms in total. The molecule has 0 saturated heterocycles. The molecule has 0 amide bonds. The first-order chi connectivity index (χ1) is 9.31. The Morgan fingerprint density at radius 3 is 2.10 bits per heavy atom. The summed E-state index contributed by atoms with van der Waals surface area (Å²) in [4.78, 5) is 12.3. The molecule has 2 atom stereocenters. The van der Waals surface area contributed by atoms with Gasteiger partial charge in [0.1, 0.15) is 16.8 Å². The third-order valence-corrected chi connectivity index (χ3v) is 4.26. The number of allylic oxidation sites excluding steroid dienone is 2. The number of benzene rings is 1. The van der Waals surface area contributed by atoms with Gasteiger partial charge in [-0.05, 0) is 30.9 Å². The molecule has 0 saturated carbocycles. The smallest absolute Gasteiger partial charge is 0.147 e. The number of carbonyl (C=O) groups excluding carboxylic acids is 1. The van der Waals surface area contributed by atoms with E-state index in [1.165, 1.54) is 12.5 Å². The Morgan fingerprint density at radius 2 is 1.65 bits per heavy atom. The molecule has 0 bridgehead atoms. The van der Waals surface area contributed by atoms with Crippen molar-refractivity contribution in [3.63, 3.8) is 0 Å². The van der Waals surface area contributed by atoms with E-state index in [9.17, 15) is 9.90 Å². The standard InChI is InChI=1S/C18H22O2/c1-13(2)15-7-9-16(10-8-15)18(14(3)19)12-6-5-11-17(18,4)20/h5-13,20H,1-4H3. The maximum absolute atomic E-state index is 12.3. The molecule has 0 aromatic heterocycles. The van der Waals surface area contributed by atoms with Crippen molar-refractivity contribution in [3.05, 3.63) is 59.7 Å². The number of Topliss-reactive ketones (excluding diaryl/α,β-unsaturated/α-hetero) is 1. The topological polar surface area (TPSA) is 37.3 Å². The number of carbonyl (C=O) groups is 1. The van der Waals surface area contributed by atoms with Gasteiger partial charge in [-0.2, -0.15) is 0 Å². The van der Waals surface area contributed by atoms with Crippen LogP contribution in [0.2, 0.25) is 0 Å². The van der Waals surface area contributed by atoms with Crippen molar-refractivity contribution in [3.8, 4) is 0 Å². The molecule has 20 heavy (non-hydrogen) atoms. The third kappa shape index (κ3) is 2.14. The number of rotatable bonds is 3. The van der Waals surface area contributed by atoms with Crippen molar-refractivity contribution in [2.75, 3.05) is 0 Å². The first-order valence-electron chi connectivity index (χ1n) is 7.02. The number of ketones is 1. The molecule has 1 aromatic rings. The lowest BCUT2D eigenvalue weighted by atomic mass is 9.63. The zero-order valence-electron chi connectivity index (χ0n) is 12.6. The van der Waals surface area contributed by atoms with E-state index < -0.39 is 11.0 Å². The van der Waals surface area contributed by atoms with Gasteiger partial charge >= 0.3 is 0 Å². The van der Waals surface area contributed by atoms with E-state index in [4.69, 9.17) is 0 Å². The molecule has 0 spiro atoms. The summed E-state index contributed by atoms with van der Waals surface area (Å²) in [6.07, 6.45) is 7.10. The summed E-state index contributed by atoms with van der Waals surface area (Å²) in [5, 5.41) is 10.7. The highest BCUT2D eigenvalue weighted by Crippen LogP contribution is 2.41. The SMILES string of the molecule is CC(=O)C1(c2ccc(C(C)C)cc2)C=CC=CC1(C)O. The normalized spacial score (nSPS) is 28.9. The Labute approximate surface area is 120 Å². The Morgan fingerprint density at radius 1 is 1.10 bits per heavy atom. The van der Waals surface area contributed by atoms with Crippen LogP contribution in [-0.4, -0.2) is 16.5 Å². The zero-order valence-corrected chi connectivity index (χ0v) is 12.6. The van der Waals surface area contributed by atoms with Crippen LogP contribution in [0.15, 0.2) is 48.6 Å². The number of aliphatic hydroxyl groups is 1. The summed E-state index contributed by atoms with van der Waals surface area (Å²) in [5.74, 6) is 0.389. The van der Waals surface area contributed by atoms with Crippen molar-refractivity contribution in [2.45, 2.75) is 44.6 Å². The molecule has 2 unspecified atom stereocenters. The predicted molar refractivity (Wildman–Crippen MR) is 81.8 cm³/mol. The molecule has 0 aliphatic heterocycles. The molecule has 0 heterocycles. The minimum atomic E-state index is -1.22. The molecule has 1 N–H and O–H groups in total. The molecule has 1 aliphatic rings. The van der Waals surface area contributed by atoms with E-state index in [1.54, 1.807) is 25.2 Å². The summed E-state index contributed by atoms with van der Waals surface area (Å²) >= 11 is 0. The second-order valence-corrected chi connectivity index (χ2v) is 6.01. The van der Waals surface area contributed by atoms with E-state index in [2.05, 4.69) is 13.8 Å². The van der Waals surface area contributed by atoms with E-state index in [0.29, 0.717) is 5.92 Å². The van der Waals surface area contributed by atoms with Gasteiger partial charge < -0.3 is 5.11 Å². The largest absolute Gasteiger partial charge is 0.384 e. The van der Waals surface area contributed by atoms with Crippen LogP contribution in [-0.2, 0) is 10.2 Å². The highest BCUT2D eigenvalue weighted by molar-refractivity contribution is 5.93. The Kier molecular flexibility index (Phi) is 3.70. The van der Waals surface area contributed by atoms with Crippen molar-refractivity contribution in [1.29, 1.82) is 0 Å². The molecule has 2 heteroatoms. The van der Waals surface area contributed by atoms with Gasteiger partial charge in [0.05, 0.1) is 0 Å². The third-order valence-electron chi connectivity index (χ3n) is 4.26. The summed E-state index contributed by atoms with van der Waals surface area (Å²) in [6.45, 7) is 7.49. The van der Waals surface area contributed by atoms with Crippen LogP contribution in [0.5, 0.6) is 0 Å². The molecule has 106 valence electrons. The van der Waals surface area contributed by atoms with Gasteiger partial charge in [-0.1, -0.05) is 62.4 Å². The Hall–Kier alpha value is -1.67. The van der Waals surface area contributed by atoms with Crippen molar-refractivity contribution >= 4 is 5.78 Å². The maximum atomic E-state index is 12.3. The Bertz CT molecular complexity index is 562. The van der Waals surface area contributed by atoms with Crippen LogP contribution in [0.25, 0.3) is 0 Å². The Balaban J connectivity index is 2.57. The minimum absolute atomic E-state index is 0.0552. The minimum Gasteiger partial charge on any atom is -0.384 e. The van der Waals surface area contributed by atoms with Crippen LogP contribution < -0.4 is 0 Å². The lowest BCUT2D eigenvalue weighted by molar-refractivity contribution is -0.127. The fourth-order valence-electron chi connectivity index (χ4n) is 2.94. The number of hydrogen-bond acceptors (Lipinski definition) is 2. The van der Waals surface area contributed by atoms with Gasteiger partial charge in [0.25, 0.3) is 0 Å². The molecular formula is C18H22O2. The second-order valence-electron chi connectivity index (χ2n) is 6.01. The van der Waals surface area contributed by atoms with Crippen molar-refractivity contribution in [2.24, 2.45) is 0 Å². The number of hydrogen-bond donors (Lipinski definition) is 1. The van der Waals surface area contributed by atoms with E-state index >= 15 is 0 Å². The molecule has 1 aromatic carbocycles. The average Bonchev–Trinajstić information content (AvgIpc) is 2.38. The van der Waals surface area contributed by atoms with E-state index in [0.717, 1.165) is 5.56 Å². The predicted octanol–water partition coefficient (Wildman–Crippen LogP) is 3.51. The first-order valence-corrected chi connectivity index (χ1v) is 7.02. The first kappa shape index (κ1) is 14.7. The second kappa shape index (κ2) is 5.02. The van der Waals surface area contributed by atoms with Gasteiger partial charge in [0, 0.05) is 0 Å². The monoisotopic (exact) mass is 270 g/mol. The van der Waals surface area contributed by atoms with Crippen molar-refractivity contribution < 1.29 is 9.90 Å². The van der Waals surface area contributed by atoms with Crippen LogP contribution >= 0.6 is 0 Å². The summed E-state index contributed by atoms with van der Waals surface area (Å²) < 4.78 is 0. The highest BCUT2D eigenvalue weighted by Gasteiger charge is 2.49. The van der Waals surface area contributed by atoms with Gasteiger partial charge in [0.15, 0.2) is 0 Å². The molecule has 0 fully saturated rings. The molecular weight excluding hydrogens is 248 g/mol. The average molecular weight is 270 g/mol. The highest BCUT2D eigenvalue weighted by atomic mass is 16.3. The van der Waals surface area contributed by atoms with Crippen LogP contribution in [0, 0.1) is 0 Å². The van der Waals surface area contributed by atoms with E-state index in [1.807, 2.05) is 30.3 Å². The molecule has 1 aliphatic carbocycles. The van der Waals surface area contributed by atoms with E-state index in [-0.39, 0.29) is 5.78 Å². The lowest BCUT2D eigenvalue weighted by Crippen LogP contribution is -2.52. The summed E-state index contributed by atoms with van der Waals surface area (Å²) in [7, 11) is 0.